The topological polar surface area (TPSA) is 157 Å². The fraction of sp³-hybridized carbons (Fsp3) is 0.441. The number of nitrogens with zero attached hydrogens (tertiary/aromatic N) is 7. The van der Waals surface area contributed by atoms with E-state index in [4.69, 9.17) is 21.4 Å². The number of carbonyl (C=O) groups is 2. The highest BCUT2D eigenvalue weighted by molar-refractivity contribution is 6.33. The van der Waals surface area contributed by atoms with Gasteiger partial charge in [-0.15, -0.1) is 5.10 Å². The summed E-state index contributed by atoms with van der Waals surface area (Å²) >= 11 is 6.20. The minimum atomic E-state index is -4.61. The molecule has 3 aromatic heterocycles. The zero-order valence-electron chi connectivity index (χ0n) is 27.9. The second-order valence-electron chi connectivity index (χ2n) is 13.2. The Kier molecular flexibility index (Phi) is 8.86. The second kappa shape index (κ2) is 13.1. The van der Waals surface area contributed by atoms with Crippen LogP contribution in [-0.2, 0) is 15.7 Å². The summed E-state index contributed by atoms with van der Waals surface area (Å²) in [6.07, 6.45) is 0.0469. The third-order valence-corrected chi connectivity index (χ3v) is 10.3. The molecule has 13 nitrogen and oxygen atoms in total. The number of aryl methyl sites for hydroxylation is 1. The molecule has 268 valence electrons. The lowest BCUT2D eigenvalue weighted by atomic mass is 9.96. The van der Waals surface area contributed by atoms with Crippen LogP contribution in [0.2, 0.25) is 5.02 Å². The number of halogens is 4. The van der Waals surface area contributed by atoms with Crippen LogP contribution < -0.4 is 10.9 Å². The third kappa shape index (κ3) is 6.13. The summed E-state index contributed by atoms with van der Waals surface area (Å²) in [5, 5.41) is 17.6. The van der Waals surface area contributed by atoms with Crippen molar-refractivity contribution in [1.29, 1.82) is 0 Å². The first kappa shape index (κ1) is 34.6. The average Bonchev–Trinajstić information content (AvgIpc) is 3.69. The predicted molar refractivity (Wildman–Crippen MR) is 179 cm³/mol. The number of amides is 2. The largest absolute Gasteiger partial charge is 0.504 e. The number of carbonyl (C=O) groups excluding carboxylic acids is 2. The maximum Gasteiger partial charge on any atom is 0.416 e. The summed E-state index contributed by atoms with van der Waals surface area (Å²) in [5.41, 5.74) is 0.758. The molecule has 0 spiro atoms. The molecular weight excluding hydrogens is 693 g/mol. The Bertz CT molecular complexity index is 2170. The van der Waals surface area contributed by atoms with Gasteiger partial charge in [-0.3, -0.25) is 14.4 Å². The van der Waals surface area contributed by atoms with Gasteiger partial charge in [-0.25, -0.2) is 19.5 Å². The van der Waals surface area contributed by atoms with E-state index in [1.165, 1.54) is 10.8 Å². The number of hydrogen-bond donors (Lipinski definition) is 2. The molecule has 1 saturated heterocycles. The molecule has 0 radical (unpaired) electrons. The van der Waals surface area contributed by atoms with Gasteiger partial charge in [0.05, 0.1) is 46.8 Å². The zero-order chi connectivity index (χ0) is 36.4. The number of benzene rings is 1. The quantitative estimate of drug-likeness (QED) is 0.280. The van der Waals surface area contributed by atoms with E-state index >= 15 is 0 Å². The first-order chi connectivity index (χ1) is 24.2. The molecule has 5 heterocycles. The number of piperidine rings is 1. The van der Waals surface area contributed by atoms with E-state index in [-0.39, 0.29) is 70.0 Å². The number of fused-ring (bicyclic) bond motifs is 3. The lowest BCUT2D eigenvalue weighted by molar-refractivity contribution is -0.137. The molecule has 0 bridgehead atoms. The van der Waals surface area contributed by atoms with Crippen LogP contribution in [0, 0.1) is 6.92 Å². The van der Waals surface area contributed by atoms with Gasteiger partial charge in [-0.2, -0.15) is 13.2 Å². The highest BCUT2D eigenvalue weighted by atomic mass is 35.5. The van der Waals surface area contributed by atoms with Crippen LogP contribution in [0.15, 0.2) is 35.4 Å². The van der Waals surface area contributed by atoms with Crippen molar-refractivity contribution < 1.29 is 32.6 Å². The van der Waals surface area contributed by atoms with Crippen molar-refractivity contribution in [2.45, 2.75) is 76.6 Å². The van der Waals surface area contributed by atoms with E-state index in [0.29, 0.717) is 49.7 Å². The first-order valence-electron chi connectivity index (χ1n) is 16.6. The molecular formula is C34H34ClF3N8O5. The Labute approximate surface area is 294 Å². The Morgan fingerprint density at radius 1 is 1.14 bits per heavy atom. The van der Waals surface area contributed by atoms with Crippen LogP contribution in [-0.4, -0.2) is 76.8 Å². The summed E-state index contributed by atoms with van der Waals surface area (Å²) < 4.78 is 48.4. The summed E-state index contributed by atoms with van der Waals surface area (Å²) in [7, 11) is 0. The van der Waals surface area contributed by atoms with Crippen LogP contribution in [0.1, 0.15) is 96.4 Å². The number of likely N-dealkylation sites (tertiary alicyclic amines) is 1. The summed E-state index contributed by atoms with van der Waals surface area (Å²) in [4.78, 5) is 56.1. The molecule has 17 heteroatoms. The zero-order valence-corrected chi connectivity index (χ0v) is 28.6. The standard InChI is InChI=1S/C34H34ClF3N8O5/c1-16-12-22(31(48)41-24-5-4-20(14-23(24)35)34(36,37)38)27-26(16)45(33(50)30-42-29(43-46(27)30)19-7-10-51-11-8-19)21-6-9-44(17(2)13-21)32(49)25-28(47)18(3)39-15-40-25/h4-5,7,14-17,21-22,47H,6,8-13H2,1-3H3,(H,41,48). The third-order valence-electron chi connectivity index (χ3n) is 9.96. The molecule has 1 aromatic carbocycles. The minimum absolute atomic E-state index is 0.0164. The smallest absolute Gasteiger partial charge is 0.416 e. The van der Waals surface area contributed by atoms with E-state index in [9.17, 15) is 32.7 Å². The van der Waals surface area contributed by atoms with E-state index in [1.807, 2.05) is 19.9 Å². The van der Waals surface area contributed by atoms with E-state index in [1.54, 1.807) is 16.4 Å². The second-order valence-corrected chi connectivity index (χ2v) is 13.6. The van der Waals surface area contributed by atoms with Crippen LogP contribution in [0.5, 0.6) is 5.75 Å². The van der Waals surface area contributed by atoms with Crippen LogP contribution in [0.3, 0.4) is 0 Å². The SMILES string of the molecule is Cc1ncnc(C(=O)N2CCC(n3c4c(n5nc(C6=CCOCC6)nc5c3=O)C(C(=O)Nc3ccc(C(F)(F)F)cc3Cl)CC4C)CC2C)c1O. The van der Waals surface area contributed by atoms with Crippen molar-refractivity contribution in [1.82, 2.24) is 34.0 Å². The van der Waals surface area contributed by atoms with Crippen molar-refractivity contribution in [2.75, 3.05) is 25.1 Å². The Morgan fingerprint density at radius 2 is 1.92 bits per heavy atom. The number of hydrogen-bond acceptors (Lipinski definition) is 9. The van der Waals surface area contributed by atoms with Crippen molar-refractivity contribution in [3.05, 3.63) is 80.1 Å². The number of ether oxygens (including phenoxy) is 1. The Balaban J connectivity index is 1.28. The molecule has 2 amide bonds. The van der Waals surface area contributed by atoms with E-state index in [0.717, 1.165) is 23.8 Å². The summed E-state index contributed by atoms with van der Waals surface area (Å²) in [6.45, 7) is 6.42. The number of aromatic hydroxyl groups is 1. The average molecular weight is 727 g/mol. The van der Waals surface area contributed by atoms with Gasteiger partial charge in [0, 0.05) is 24.3 Å². The summed E-state index contributed by atoms with van der Waals surface area (Å²) in [6, 6.07) is 1.98. The highest BCUT2D eigenvalue weighted by Crippen LogP contribution is 2.44. The number of nitrogens with one attached hydrogen (secondary N) is 1. The monoisotopic (exact) mass is 726 g/mol. The van der Waals surface area contributed by atoms with Gasteiger partial charge in [0.2, 0.25) is 11.6 Å². The van der Waals surface area contributed by atoms with Gasteiger partial charge in [-0.05, 0) is 69.2 Å². The van der Waals surface area contributed by atoms with Gasteiger partial charge in [0.25, 0.3) is 11.5 Å². The lowest BCUT2D eigenvalue weighted by Crippen LogP contribution is -2.47. The van der Waals surface area contributed by atoms with Gasteiger partial charge in [0.1, 0.15) is 6.33 Å². The number of aromatic nitrogens is 6. The fourth-order valence-electron chi connectivity index (χ4n) is 7.38. The predicted octanol–water partition coefficient (Wildman–Crippen LogP) is 5.27. The minimum Gasteiger partial charge on any atom is -0.504 e. The maximum atomic E-state index is 14.4. The number of anilines is 1. The molecule has 2 aliphatic heterocycles. The van der Waals surface area contributed by atoms with E-state index in [2.05, 4.69) is 20.3 Å². The van der Waals surface area contributed by atoms with Gasteiger partial charge in [-0.1, -0.05) is 24.6 Å². The number of alkyl halides is 3. The normalized spacial score (nSPS) is 22.2. The Hall–Kier alpha value is -4.83. The molecule has 4 atom stereocenters. The highest BCUT2D eigenvalue weighted by Gasteiger charge is 2.43. The fourth-order valence-corrected chi connectivity index (χ4v) is 7.60. The van der Waals surface area contributed by atoms with Crippen LogP contribution >= 0.6 is 11.6 Å². The van der Waals surface area contributed by atoms with Gasteiger partial charge in [0.15, 0.2) is 17.3 Å². The van der Waals surface area contributed by atoms with E-state index < -0.39 is 29.5 Å². The first-order valence-corrected chi connectivity index (χ1v) is 16.9. The summed E-state index contributed by atoms with van der Waals surface area (Å²) in [5.74, 6) is -2.07. The lowest BCUT2D eigenvalue weighted by Gasteiger charge is -2.39. The van der Waals surface area contributed by atoms with Crippen molar-refractivity contribution in [3.8, 4) is 5.75 Å². The molecule has 51 heavy (non-hydrogen) atoms. The molecule has 1 aliphatic carbocycles. The van der Waals surface area contributed by atoms with Crippen LogP contribution in [0.4, 0.5) is 18.9 Å². The van der Waals surface area contributed by atoms with Crippen molar-refractivity contribution in [3.63, 3.8) is 0 Å². The van der Waals surface area contributed by atoms with Gasteiger partial charge >= 0.3 is 6.18 Å². The van der Waals surface area contributed by atoms with Crippen LogP contribution in [0.25, 0.3) is 11.2 Å². The molecule has 1 fully saturated rings. The molecule has 3 aliphatic rings. The Morgan fingerprint density at radius 3 is 2.61 bits per heavy atom. The molecule has 2 N–H and O–H groups in total. The molecule has 4 aromatic rings. The van der Waals surface area contributed by atoms with Crippen molar-refractivity contribution in [2.24, 2.45) is 0 Å². The maximum absolute atomic E-state index is 14.4. The molecule has 7 rings (SSSR count). The molecule has 0 saturated carbocycles. The van der Waals surface area contributed by atoms with Gasteiger partial charge < -0.3 is 24.6 Å². The molecule has 4 unspecified atom stereocenters. The van der Waals surface area contributed by atoms with Crippen molar-refractivity contribution >= 4 is 40.3 Å². The number of rotatable bonds is 5.